The number of likely N-dealkylation sites (tertiary alicyclic amines) is 1. The van der Waals surface area contributed by atoms with Crippen molar-refractivity contribution in [3.05, 3.63) is 69.4 Å². The van der Waals surface area contributed by atoms with E-state index in [-0.39, 0.29) is 40.8 Å². The molecule has 2 saturated heterocycles. The Hall–Kier alpha value is -2.47. The molecule has 154 valence electrons. The third-order valence-electron chi connectivity index (χ3n) is 6.52. The number of hydrogen-bond donors (Lipinski definition) is 1. The molecule has 3 atom stereocenters. The molecule has 2 aromatic rings. The van der Waals surface area contributed by atoms with Crippen LogP contribution in [0.15, 0.2) is 41.2 Å². The Morgan fingerprint density at radius 1 is 1.17 bits per heavy atom. The monoisotopic (exact) mass is 397 g/mol. The fourth-order valence-electron chi connectivity index (χ4n) is 4.79. The number of aryl methyl sites for hydroxylation is 1. The Labute approximate surface area is 170 Å². The van der Waals surface area contributed by atoms with Crippen LogP contribution in [0.5, 0.6) is 0 Å². The van der Waals surface area contributed by atoms with Crippen LogP contribution >= 0.6 is 0 Å². The molecule has 6 heteroatoms. The molecule has 3 heterocycles. The van der Waals surface area contributed by atoms with Crippen molar-refractivity contribution in [2.75, 3.05) is 13.1 Å². The van der Waals surface area contributed by atoms with E-state index in [0.29, 0.717) is 6.54 Å². The number of benzene rings is 1. The maximum Gasteiger partial charge on any atom is 0.263 e. The first-order valence-electron chi connectivity index (χ1n) is 10.4. The molecule has 2 aliphatic rings. The highest BCUT2D eigenvalue weighted by atomic mass is 19.1. The van der Waals surface area contributed by atoms with Gasteiger partial charge in [-0.2, -0.15) is 0 Å². The molecular weight excluding hydrogens is 369 g/mol. The van der Waals surface area contributed by atoms with Crippen LogP contribution in [0.2, 0.25) is 0 Å². The fraction of sp³-hybridized carbons (Fsp3) is 0.478. The number of rotatable bonds is 2. The first-order valence-corrected chi connectivity index (χ1v) is 10.4. The van der Waals surface area contributed by atoms with E-state index in [1.807, 2.05) is 24.0 Å². The van der Waals surface area contributed by atoms with Crippen molar-refractivity contribution in [2.24, 2.45) is 7.05 Å². The van der Waals surface area contributed by atoms with Gasteiger partial charge in [0.25, 0.3) is 11.5 Å². The topological polar surface area (TPSA) is 54.3 Å². The van der Waals surface area contributed by atoms with Crippen molar-refractivity contribution in [1.82, 2.24) is 14.8 Å². The second-order valence-electron chi connectivity index (χ2n) is 8.27. The predicted molar refractivity (Wildman–Crippen MR) is 111 cm³/mol. The number of carbonyl (C=O) groups excluding carboxylic acids is 1. The summed E-state index contributed by atoms with van der Waals surface area (Å²) in [6.45, 7) is 3.23. The SMILES string of the molecule is Cc1ccc(C(=O)N2C[C@@H](c3cccc(F)c3)[C@@H]3NCCCCC[C@H]32)c(=O)n1C. The Kier molecular flexibility index (Phi) is 5.54. The van der Waals surface area contributed by atoms with Crippen LogP contribution in [0.25, 0.3) is 0 Å². The lowest BCUT2D eigenvalue weighted by Gasteiger charge is -2.31. The lowest BCUT2D eigenvalue weighted by atomic mass is 9.88. The van der Waals surface area contributed by atoms with Gasteiger partial charge in [-0.1, -0.05) is 25.0 Å². The van der Waals surface area contributed by atoms with E-state index in [4.69, 9.17) is 0 Å². The van der Waals surface area contributed by atoms with Crippen molar-refractivity contribution < 1.29 is 9.18 Å². The summed E-state index contributed by atoms with van der Waals surface area (Å²) < 4.78 is 15.4. The van der Waals surface area contributed by atoms with Crippen LogP contribution in [0.3, 0.4) is 0 Å². The first kappa shape index (κ1) is 19.8. The minimum atomic E-state index is -0.264. The number of halogens is 1. The Balaban J connectivity index is 1.71. The van der Waals surface area contributed by atoms with Gasteiger partial charge in [0.1, 0.15) is 11.4 Å². The van der Waals surface area contributed by atoms with Gasteiger partial charge >= 0.3 is 0 Å². The van der Waals surface area contributed by atoms with E-state index in [1.54, 1.807) is 25.2 Å². The average Bonchev–Trinajstić information content (AvgIpc) is 3.03. The van der Waals surface area contributed by atoms with Crippen molar-refractivity contribution in [1.29, 1.82) is 0 Å². The van der Waals surface area contributed by atoms with Crippen LogP contribution in [0, 0.1) is 12.7 Å². The molecule has 29 heavy (non-hydrogen) atoms. The van der Waals surface area contributed by atoms with Gasteiger partial charge < -0.3 is 14.8 Å². The Morgan fingerprint density at radius 3 is 2.79 bits per heavy atom. The van der Waals surface area contributed by atoms with Crippen molar-refractivity contribution in [3.63, 3.8) is 0 Å². The van der Waals surface area contributed by atoms with Gasteiger partial charge in [0, 0.05) is 37.3 Å². The number of fused-ring (bicyclic) bond motifs is 1. The average molecular weight is 397 g/mol. The number of nitrogens with one attached hydrogen (secondary N) is 1. The number of aromatic nitrogens is 1. The molecule has 0 radical (unpaired) electrons. The molecule has 1 amide bonds. The Bertz CT molecular complexity index is 971. The minimum absolute atomic E-state index is 0.00192. The summed E-state index contributed by atoms with van der Waals surface area (Å²) in [7, 11) is 1.69. The maximum absolute atomic E-state index is 13.9. The van der Waals surface area contributed by atoms with E-state index >= 15 is 0 Å². The smallest absolute Gasteiger partial charge is 0.263 e. The quantitative estimate of drug-likeness (QED) is 0.848. The van der Waals surface area contributed by atoms with Gasteiger partial charge in [0.2, 0.25) is 0 Å². The van der Waals surface area contributed by atoms with Crippen LogP contribution in [0.1, 0.15) is 53.2 Å². The lowest BCUT2D eigenvalue weighted by Crippen LogP contribution is -2.47. The van der Waals surface area contributed by atoms with Crippen molar-refractivity contribution >= 4 is 5.91 Å². The Morgan fingerprint density at radius 2 is 2.00 bits per heavy atom. The summed E-state index contributed by atoms with van der Waals surface area (Å²) in [6, 6.07) is 10.2. The zero-order chi connectivity index (χ0) is 20.5. The van der Waals surface area contributed by atoms with Gasteiger partial charge in [-0.05, 0) is 56.1 Å². The van der Waals surface area contributed by atoms with E-state index in [9.17, 15) is 14.0 Å². The van der Waals surface area contributed by atoms with E-state index in [0.717, 1.165) is 43.5 Å². The molecule has 4 rings (SSSR count). The molecule has 0 bridgehead atoms. The molecule has 1 aromatic carbocycles. The molecule has 0 aliphatic carbocycles. The highest BCUT2D eigenvalue weighted by Gasteiger charge is 2.44. The van der Waals surface area contributed by atoms with Crippen LogP contribution < -0.4 is 10.9 Å². The number of amides is 1. The summed E-state index contributed by atoms with van der Waals surface area (Å²) in [4.78, 5) is 28.0. The molecule has 2 fully saturated rings. The van der Waals surface area contributed by atoms with E-state index < -0.39 is 0 Å². The van der Waals surface area contributed by atoms with Gasteiger partial charge in [0.15, 0.2) is 0 Å². The highest BCUT2D eigenvalue weighted by Crippen LogP contribution is 2.36. The third-order valence-corrected chi connectivity index (χ3v) is 6.52. The van der Waals surface area contributed by atoms with Crippen LogP contribution in [-0.2, 0) is 7.05 Å². The minimum Gasteiger partial charge on any atom is -0.333 e. The molecule has 0 saturated carbocycles. The summed E-state index contributed by atoms with van der Waals surface area (Å²) >= 11 is 0. The molecule has 5 nitrogen and oxygen atoms in total. The van der Waals surface area contributed by atoms with Crippen LogP contribution in [0.4, 0.5) is 4.39 Å². The molecular formula is C23H28FN3O2. The zero-order valence-electron chi connectivity index (χ0n) is 17.0. The summed E-state index contributed by atoms with van der Waals surface area (Å²) in [5, 5.41) is 3.62. The molecule has 1 aromatic heterocycles. The van der Waals surface area contributed by atoms with Crippen LogP contribution in [-0.4, -0.2) is 40.5 Å². The normalized spacial score (nSPS) is 24.7. The fourth-order valence-corrected chi connectivity index (χ4v) is 4.79. The standard InChI is InChI=1S/C23H28FN3O2/c1-15-10-11-18(22(28)26(15)2)23(29)27-14-19(16-7-6-8-17(24)13-16)21-20(27)9-4-3-5-12-25-21/h6-8,10-11,13,19-21,25H,3-5,9,12,14H2,1-2H3/t19-,20+,21-/m0/s1. The summed E-state index contributed by atoms with van der Waals surface area (Å²) in [6.07, 6.45) is 4.16. The first-order chi connectivity index (χ1) is 14.0. The number of carbonyl (C=O) groups is 1. The second kappa shape index (κ2) is 8.11. The number of hydrogen-bond acceptors (Lipinski definition) is 3. The number of pyridine rings is 1. The third kappa shape index (κ3) is 3.73. The summed E-state index contributed by atoms with van der Waals surface area (Å²) in [5.41, 5.74) is 1.66. The molecule has 0 spiro atoms. The molecule has 0 unspecified atom stereocenters. The van der Waals surface area contributed by atoms with Gasteiger partial charge in [-0.25, -0.2) is 4.39 Å². The zero-order valence-corrected chi connectivity index (χ0v) is 17.0. The van der Waals surface area contributed by atoms with Crippen molar-refractivity contribution in [2.45, 2.75) is 50.6 Å². The van der Waals surface area contributed by atoms with Crippen molar-refractivity contribution in [3.8, 4) is 0 Å². The van der Waals surface area contributed by atoms with E-state index in [1.165, 1.54) is 10.6 Å². The molecule has 1 N–H and O–H groups in total. The van der Waals surface area contributed by atoms with Gasteiger partial charge in [0.05, 0.1) is 0 Å². The maximum atomic E-state index is 13.9. The van der Waals surface area contributed by atoms with Gasteiger partial charge in [-0.15, -0.1) is 0 Å². The lowest BCUT2D eigenvalue weighted by molar-refractivity contribution is 0.0710. The predicted octanol–water partition coefficient (Wildman–Crippen LogP) is 2.97. The summed E-state index contributed by atoms with van der Waals surface area (Å²) in [5.74, 6) is -0.476. The molecule has 2 aliphatic heterocycles. The highest BCUT2D eigenvalue weighted by molar-refractivity contribution is 5.94. The largest absolute Gasteiger partial charge is 0.333 e. The van der Waals surface area contributed by atoms with E-state index in [2.05, 4.69) is 5.32 Å². The second-order valence-corrected chi connectivity index (χ2v) is 8.27. The number of nitrogens with zero attached hydrogens (tertiary/aromatic N) is 2. The van der Waals surface area contributed by atoms with Gasteiger partial charge in [-0.3, -0.25) is 9.59 Å².